The summed E-state index contributed by atoms with van der Waals surface area (Å²) in [5, 5.41) is 0. The summed E-state index contributed by atoms with van der Waals surface area (Å²) in [5.74, 6) is 1.20. The molecule has 0 saturated heterocycles. The number of hydrogen-bond acceptors (Lipinski definition) is 3. The van der Waals surface area contributed by atoms with Crippen molar-refractivity contribution in [1.82, 2.24) is 0 Å². The minimum Gasteiger partial charge on any atom is -0.448 e. The van der Waals surface area contributed by atoms with Crippen molar-refractivity contribution in [3.8, 4) is 0 Å². The van der Waals surface area contributed by atoms with Crippen LogP contribution in [0.4, 0.5) is 0 Å². The molecule has 0 radical (unpaired) electrons. The lowest BCUT2D eigenvalue weighted by Gasteiger charge is -2.35. The fraction of sp³-hybridized carbons (Fsp3) is 0.818. The van der Waals surface area contributed by atoms with Crippen molar-refractivity contribution < 1.29 is 9.53 Å². The van der Waals surface area contributed by atoms with Crippen LogP contribution >= 0.6 is 0 Å². The Labute approximate surface area is 89.9 Å². The summed E-state index contributed by atoms with van der Waals surface area (Å²) in [6.45, 7) is 4.45. The minimum absolute atomic E-state index is 0.0444. The Morgan fingerprint density at radius 1 is 1.47 bits per heavy atom. The van der Waals surface area contributed by atoms with Gasteiger partial charge in [0, 0.05) is 0 Å². The highest BCUT2D eigenvalue weighted by Crippen LogP contribution is 2.40. The summed E-state index contributed by atoms with van der Waals surface area (Å²) >= 11 is 0. The topological polar surface area (TPSA) is 64.7 Å². The van der Waals surface area contributed by atoms with Gasteiger partial charge in [0.05, 0.1) is 0 Å². The van der Waals surface area contributed by atoms with Gasteiger partial charge in [-0.2, -0.15) is 4.99 Å². The molecule has 4 heteroatoms. The first kappa shape index (κ1) is 10.5. The summed E-state index contributed by atoms with van der Waals surface area (Å²) in [7, 11) is 0. The van der Waals surface area contributed by atoms with Crippen molar-refractivity contribution >= 4 is 11.9 Å². The molecule has 84 valence electrons. The van der Waals surface area contributed by atoms with Crippen LogP contribution in [0, 0.1) is 11.8 Å². The highest BCUT2D eigenvalue weighted by molar-refractivity contribution is 6.00. The number of carbonyl (C=O) groups excluding carboxylic acids is 1. The molecule has 1 heterocycles. The summed E-state index contributed by atoms with van der Waals surface area (Å²) in [5.41, 5.74) is 4.73. The van der Waals surface area contributed by atoms with Gasteiger partial charge >= 0.3 is 0 Å². The molecular weight excluding hydrogens is 192 g/mol. The van der Waals surface area contributed by atoms with E-state index >= 15 is 0 Å². The Kier molecular flexibility index (Phi) is 2.44. The lowest BCUT2D eigenvalue weighted by molar-refractivity contribution is -0.134. The Morgan fingerprint density at radius 2 is 2.07 bits per heavy atom. The predicted octanol–water partition coefficient (Wildman–Crippen LogP) is 1.44. The van der Waals surface area contributed by atoms with E-state index in [1.807, 2.05) is 0 Å². The molecule has 1 spiro atoms. The highest BCUT2D eigenvalue weighted by atomic mass is 16.5. The SMILES string of the molecule is CC(C)C1CCC2(CC1)OC(N)=NC2=O. The average molecular weight is 210 g/mol. The van der Waals surface area contributed by atoms with E-state index in [0.717, 1.165) is 25.7 Å². The first-order chi connectivity index (χ1) is 7.03. The molecule has 15 heavy (non-hydrogen) atoms. The quantitative estimate of drug-likeness (QED) is 0.712. The van der Waals surface area contributed by atoms with Gasteiger partial charge in [0.1, 0.15) is 0 Å². The highest BCUT2D eigenvalue weighted by Gasteiger charge is 2.48. The van der Waals surface area contributed by atoms with E-state index in [0.29, 0.717) is 11.8 Å². The van der Waals surface area contributed by atoms with Gasteiger partial charge in [-0.3, -0.25) is 4.79 Å². The molecule has 1 aliphatic heterocycles. The Balaban J connectivity index is 2.02. The largest absolute Gasteiger partial charge is 0.448 e. The van der Waals surface area contributed by atoms with Crippen LogP contribution in [0.1, 0.15) is 39.5 Å². The number of hydrogen-bond donors (Lipinski definition) is 1. The van der Waals surface area contributed by atoms with Gasteiger partial charge in [-0.1, -0.05) is 13.8 Å². The summed E-state index contributed by atoms with van der Waals surface area (Å²) in [6, 6.07) is 0.0444. The van der Waals surface area contributed by atoms with Crippen LogP contribution in [0.3, 0.4) is 0 Å². The van der Waals surface area contributed by atoms with Crippen LogP contribution in [0.25, 0.3) is 0 Å². The van der Waals surface area contributed by atoms with Crippen molar-refractivity contribution in [2.45, 2.75) is 45.1 Å². The molecule has 2 aliphatic rings. The van der Waals surface area contributed by atoms with Gasteiger partial charge in [-0.25, -0.2) is 0 Å². The van der Waals surface area contributed by atoms with Gasteiger partial charge in [-0.05, 0) is 37.5 Å². The molecule has 1 aliphatic carbocycles. The maximum Gasteiger partial charge on any atom is 0.294 e. The molecule has 0 aromatic rings. The molecule has 0 atom stereocenters. The van der Waals surface area contributed by atoms with Gasteiger partial charge in [0.25, 0.3) is 11.9 Å². The second-order valence-electron chi connectivity index (χ2n) is 4.93. The van der Waals surface area contributed by atoms with E-state index in [1.54, 1.807) is 0 Å². The zero-order valence-corrected chi connectivity index (χ0v) is 9.32. The third kappa shape index (κ3) is 1.73. The maximum atomic E-state index is 11.6. The molecule has 4 nitrogen and oxygen atoms in total. The normalized spacial score (nSPS) is 35.8. The fourth-order valence-electron chi connectivity index (χ4n) is 2.56. The molecule has 0 unspecified atom stereocenters. The van der Waals surface area contributed by atoms with Crippen molar-refractivity contribution in [3.05, 3.63) is 0 Å². The summed E-state index contributed by atoms with van der Waals surface area (Å²) in [4.78, 5) is 15.3. The standard InChI is InChI=1S/C11H18N2O2/c1-7(2)8-3-5-11(6-4-8)9(14)13-10(12)15-11/h7-8H,3-6H2,1-2H3,(H2,12,13,14). The number of amides is 1. The predicted molar refractivity (Wildman–Crippen MR) is 57.2 cm³/mol. The van der Waals surface area contributed by atoms with E-state index in [2.05, 4.69) is 18.8 Å². The minimum atomic E-state index is -0.699. The summed E-state index contributed by atoms with van der Waals surface area (Å²) in [6.07, 6.45) is 3.59. The van der Waals surface area contributed by atoms with E-state index < -0.39 is 5.60 Å². The van der Waals surface area contributed by atoms with Crippen LogP contribution in [-0.4, -0.2) is 17.5 Å². The van der Waals surface area contributed by atoms with Gasteiger partial charge in [-0.15, -0.1) is 0 Å². The van der Waals surface area contributed by atoms with E-state index in [9.17, 15) is 4.79 Å². The zero-order chi connectivity index (χ0) is 11.1. The van der Waals surface area contributed by atoms with Crippen LogP contribution < -0.4 is 5.73 Å². The van der Waals surface area contributed by atoms with E-state index in [4.69, 9.17) is 10.5 Å². The number of nitrogens with zero attached hydrogens (tertiary/aromatic N) is 1. The molecule has 2 rings (SSSR count). The fourth-order valence-corrected chi connectivity index (χ4v) is 2.56. The number of carbonyl (C=O) groups is 1. The van der Waals surface area contributed by atoms with Crippen LogP contribution in [0.2, 0.25) is 0 Å². The third-order valence-electron chi connectivity index (χ3n) is 3.68. The third-order valence-corrected chi connectivity index (χ3v) is 3.68. The lowest BCUT2D eigenvalue weighted by atomic mass is 9.74. The van der Waals surface area contributed by atoms with E-state index in [-0.39, 0.29) is 11.9 Å². The lowest BCUT2D eigenvalue weighted by Crippen LogP contribution is -2.42. The van der Waals surface area contributed by atoms with Crippen LogP contribution in [0.5, 0.6) is 0 Å². The number of amidine groups is 1. The van der Waals surface area contributed by atoms with Crippen molar-refractivity contribution in [1.29, 1.82) is 0 Å². The smallest absolute Gasteiger partial charge is 0.294 e. The Morgan fingerprint density at radius 3 is 2.47 bits per heavy atom. The molecular formula is C11H18N2O2. The van der Waals surface area contributed by atoms with Gasteiger partial charge in [0.2, 0.25) is 0 Å². The first-order valence-corrected chi connectivity index (χ1v) is 5.61. The summed E-state index contributed by atoms with van der Waals surface area (Å²) < 4.78 is 5.41. The second-order valence-corrected chi connectivity index (χ2v) is 4.93. The zero-order valence-electron chi connectivity index (χ0n) is 9.32. The van der Waals surface area contributed by atoms with Crippen molar-refractivity contribution in [2.24, 2.45) is 22.6 Å². The van der Waals surface area contributed by atoms with Crippen LogP contribution in [-0.2, 0) is 9.53 Å². The molecule has 2 N–H and O–H groups in total. The van der Waals surface area contributed by atoms with Crippen molar-refractivity contribution in [3.63, 3.8) is 0 Å². The Bertz CT molecular complexity index is 302. The molecule has 0 bridgehead atoms. The first-order valence-electron chi connectivity index (χ1n) is 5.61. The number of aliphatic imine (C=N–C) groups is 1. The van der Waals surface area contributed by atoms with Crippen LogP contribution in [0.15, 0.2) is 4.99 Å². The van der Waals surface area contributed by atoms with Crippen molar-refractivity contribution in [2.75, 3.05) is 0 Å². The molecule has 0 aromatic heterocycles. The molecule has 0 aromatic carbocycles. The molecule has 1 fully saturated rings. The number of ether oxygens (including phenoxy) is 1. The van der Waals surface area contributed by atoms with Gasteiger partial charge < -0.3 is 10.5 Å². The van der Waals surface area contributed by atoms with Gasteiger partial charge in [0.15, 0.2) is 5.60 Å². The van der Waals surface area contributed by atoms with E-state index in [1.165, 1.54) is 0 Å². The average Bonchev–Trinajstić information content (AvgIpc) is 2.42. The Hall–Kier alpha value is -1.06. The maximum absolute atomic E-state index is 11.6. The number of rotatable bonds is 1. The second kappa shape index (κ2) is 3.51. The molecule has 1 saturated carbocycles. The number of nitrogens with two attached hydrogens (primary N) is 1. The molecule has 1 amide bonds. The monoisotopic (exact) mass is 210 g/mol.